The topological polar surface area (TPSA) is 76.7 Å². The Bertz CT molecular complexity index is 887. The molecule has 0 bridgehead atoms. The molecule has 0 aliphatic rings. The fraction of sp³-hybridized carbons (Fsp3) is 0.364. The summed E-state index contributed by atoms with van der Waals surface area (Å²) in [5.74, 6) is -0.773. The molecule has 0 spiro atoms. The average Bonchev–Trinajstić information content (AvgIpc) is 2.67. The van der Waals surface area contributed by atoms with E-state index < -0.39 is 18.6 Å². The van der Waals surface area contributed by atoms with E-state index in [-0.39, 0.29) is 29.0 Å². The highest BCUT2D eigenvalue weighted by Gasteiger charge is 2.24. The monoisotopic (exact) mass is 420 g/mol. The minimum atomic E-state index is -3.04. The Morgan fingerprint density at radius 1 is 1.07 bits per heavy atom. The summed E-state index contributed by atoms with van der Waals surface area (Å²) < 4.78 is 34.7. The third-order valence-electron chi connectivity index (χ3n) is 4.37. The minimum Gasteiger partial charge on any atom is -0.493 e. The zero-order chi connectivity index (χ0) is 22.3. The normalized spacial score (nSPS) is 11.9. The highest BCUT2D eigenvalue weighted by atomic mass is 19.3. The second-order valence-electron chi connectivity index (χ2n) is 7.20. The predicted octanol–water partition coefficient (Wildman–Crippen LogP) is 4.39. The summed E-state index contributed by atoms with van der Waals surface area (Å²) in [6.45, 7) is 2.64. The summed E-state index contributed by atoms with van der Waals surface area (Å²) in [6, 6.07) is 10.4. The van der Waals surface area contributed by atoms with Crippen LogP contribution in [0.2, 0.25) is 0 Å². The van der Waals surface area contributed by atoms with Gasteiger partial charge in [-0.3, -0.25) is 9.59 Å². The number of alkyl halides is 2. The summed E-state index contributed by atoms with van der Waals surface area (Å²) in [7, 11) is 1.33. The van der Waals surface area contributed by atoms with Crippen LogP contribution in [0, 0.1) is 12.8 Å². The van der Waals surface area contributed by atoms with Crippen LogP contribution in [0.1, 0.15) is 36.2 Å². The van der Waals surface area contributed by atoms with Crippen LogP contribution in [0.5, 0.6) is 11.5 Å². The second-order valence-corrected chi connectivity index (χ2v) is 7.20. The lowest BCUT2D eigenvalue weighted by molar-refractivity contribution is -0.118. The van der Waals surface area contributed by atoms with Crippen molar-refractivity contribution in [2.45, 2.75) is 39.8 Å². The summed E-state index contributed by atoms with van der Waals surface area (Å²) >= 11 is 0. The first kappa shape index (κ1) is 23.1. The highest BCUT2D eigenvalue weighted by Crippen LogP contribution is 2.31. The zero-order valence-corrected chi connectivity index (χ0v) is 17.4. The van der Waals surface area contributed by atoms with Crippen LogP contribution in [0.3, 0.4) is 0 Å². The van der Waals surface area contributed by atoms with Gasteiger partial charge in [-0.2, -0.15) is 8.78 Å². The molecule has 0 fully saturated rings. The van der Waals surface area contributed by atoms with Crippen LogP contribution < -0.4 is 20.1 Å². The van der Waals surface area contributed by atoms with Crippen molar-refractivity contribution in [2.75, 3.05) is 12.4 Å². The molecular weight excluding hydrogens is 394 g/mol. The van der Waals surface area contributed by atoms with Gasteiger partial charge in [-0.15, -0.1) is 0 Å². The van der Waals surface area contributed by atoms with Gasteiger partial charge in [-0.1, -0.05) is 32.0 Å². The number of hydrogen-bond acceptors (Lipinski definition) is 4. The molecule has 1 atom stereocenters. The van der Waals surface area contributed by atoms with Crippen LogP contribution in [0.4, 0.5) is 14.5 Å². The van der Waals surface area contributed by atoms with E-state index in [1.165, 1.54) is 25.3 Å². The van der Waals surface area contributed by atoms with Crippen LogP contribution >= 0.6 is 0 Å². The van der Waals surface area contributed by atoms with E-state index in [4.69, 9.17) is 4.74 Å². The molecule has 6 nitrogen and oxygen atoms in total. The number of carbonyl (C=O) groups is 2. The molecule has 1 unspecified atom stereocenters. The van der Waals surface area contributed by atoms with Gasteiger partial charge in [0.05, 0.1) is 7.11 Å². The van der Waals surface area contributed by atoms with Gasteiger partial charge in [0.25, 0.3) is 5.91 Å². The van der Waals surface area contributed by atoms with Crippen molar-refractivity contribution in [1.29, 1.82) is 0 Å². The van der Waals surface area contributed by atoms with Crippen molar-refractivity contribution < 1.29 is 27.8 Å². The van der Waals surface area contributed by atoms with Gasteiger partial charge in [0.15, 0.2) is 11.5 Å². The van der Waals surface area contributed by atoms with Crippen molar-refractivity contribution in [3.63, 3.8) is 0 Å². The van der Waals surface area contributed by atoms with E-state index in [0.29, 0.717) is 12.0 Å². The highest BCUT2D eigenvalue weighted by molar-refractivity contribution is 6.01. The van der Waals surface area contributed by atoms with Crippen LogP contribution in [0.25, 0.3) is 0 Å². The molecule has 162 valence electrons. The second kappa shape index (κ2) is 10.6. The molecule has 2 rings (SSSR count). The Balaban J connectivity index is 2.19. The molecule has 2 N–H and O–H groups in total. The minimum absolute atomic E-state index is 0.111. The molecule has 2 aromatic carbocycles. The number of aryl methyl sites for hydroxylation is 1. The molecule has 0 saturated carbocycles. The number of benzene rings is 2. The molecule has 2 amide bonds. The van der Waals surface area contributed by atoms with Crippen molar-refractivity contribution in [3.05, 3.63) is 53.6 Å². The number of anilines is 1. The molecule has 8 heteroatoms. The molecular formula is C22H26F2N2O4. The van der Waals surface area contributed by atoms with E-state index in [0.717, 1.165) is 5.56 Å². The lowest BCUT2D eigenvalue weighted by Crippen LogP contribution is -2.44. The number of carbonyl (C=O) groups excluding carboxylic acids is 2. The predicted molar refractivity (Wildman–Crippen MR) is 110 cm³/mol. The standard InChI is InChI=1S/C22H26F2N2O4/c1-13(2)11-17(26-20(27)16-8-6-5-7-14(16)3)21(28)25-15-9-10-18(29-4)19(12-15)30-22(23)24/h5-10,12-13,17,22H,11H2,1-4H3,(H,25,28)(H,26,27). The number of rotatable bonds is 9. The first-order valence-electron chi connectivity index (χ1n) is 9.51. The first-order valence-corrected chi connectivity index (χ1v) is 9.51. The molecule has 0 aliphatic carbocycles. The maximum Gasteiger partial charge on any atom is 0.387 e. The number of ether oxygens (including phenoxy) is 2. The van der Waals surface area contributed by atoms with Crippen molar-refractivity contribution in [3.8, 4) is 11.5 Å². The quantitative estimate of drug-likeness (QED) is 0.631. The van der Waals surface area contributed by atoms with Gasteiger partial charge in [0.2, 0.25) is 5.91 Å². The molecule has 0 saturated heterocycles. The maximum atomic E-state index is 12.8. The third-order valence-corrected chi connectivity index (χ3v) is 4.37. The Morgan fingerprint density at radius 3 is 2.37 bits per heavy atom. The van der Waals surface area contributed by atoms with Gasteiger partial charge in [-0.05, 0) is 43.0 Å². The maximum absolute atomic E-state index is 12.8. The number of hydrogen-bond donors (Lipinski definition) is 2. The Labute approximate surface area is 174 Å². The van der Waals surface area contributed by atoms with E-state index >= 15 is 0 Å². The number of amides is 2. The Morgan fingerprint density at radius 2 is 1.77 bits per heavy atom. The largest absolute Gasteiger partial charge is 0.493 e. The molecule has 2 aromatic rings. The molecule has 0 aromatic heterocycles. The molecule has 0 heterocycles. The number of halogens is 2. The van der Waals surface area contributed by atoms with Gasteiger partial charge in [0, 0.05) is 17.3 Å². The fourth-order valence-electron chi connectivity index (χ4n) is 2.94. The zero-order valence-electron chi connectivity index (χ0n) is 17.4. The molecule has 0 aliphatic heterocycles. The molecule has 0 radical (unpaired) electrons. The average molecular weight is 420 g/mol. The van der Waals surface area contributed by atoms with Crippen LogP contribution in [-0.4, -0.2) is 31.6 Å². The summed E-state index contributed by atoms with van der Waals surface area (Å²) in [5, 5.41) is 5.42. The Kier molecular flexibility index (Phi) is 8.15. The summed E-state index contributed by atoms with van der Waals surface area (Å²) in [4.78, 5) is 25.5. The molecule has 30 heavy (non-hydrogen) atoms. The van der Waals surface area contributed by atoms with E-state index in [1.807, 2.05) is 32.9 Å². The lowest BCUT2D eigenvalue weighted by atomic mass is 10.0. The van der Waals surface area contributed by atoms with E-state index in [9.17, 15) is 18.4 Å². The number of nitrogens with one attached hydrogen (secondary N) is 2. The van der Waals surface area contributed by atoms with Gasteiger partial charge < -0.3 is 20.1 Å². The lowest BCUT2D eigenvalue weighted by Gasteiger charge is -2.21. The van der Waals surface area contributed by atoms with Gasteiger partial charge in [-0.25, -0.2) is 0 Å². The smallest absolute Gasteiger partial charge is 0.387 e. The summed E-state index contributed by atoms with van der Waals surface area (Å²) in [5.41, 5.74) is 1.52. The van der Waals surface area contributed by atoms with Crippen LogP contribution in [-0.2, 0) is 4.79 Å². The van der Waals surface area contributed by atoms with Crippen molar-refractivity contribution in [2.24, 2.45) is 5.92 Å². The van der Waals surface area contributed by atoms with E-state index in [2.05, 4.69) is 15.4 Å². The third kappa shape index (κ3) is 6.43. The fourth-order valence-corrected chi connectivity index (χ4v) is 2.94. The van der Waals surface area contributed by atoms with Gasteiger partial charge in [0.1, 0.15) is 6.04 Å². The van der Waals surface area contributed by atoms with E-state index in [1.54, 1.807) is 12.1 Å². The van der Waals surface area contributed by atoms with Crippen molar-refractivity contribution in [1.82, 2.24) is 5.32 Å². The van der Waals surface area contributed by atoms with Gasteiger partial charge >= 0.3 is 6.61 Å². The van der Waals surface area contributed by atoms with Crippen molar-refractivity contribution >= 4 is 17.5 Å². The van der Waals surface area contributed by atoms with Crippen LogP contribution in [0.15, 0.2) is 42.5 Å². The first-order chi connectivity index (χ1) is 14.2. The number of methoxy groups -OCH3 is 1. The SMILES string of the molecule is COc1ccc(NC(=O)C(CC(C)C)NC(=O)c2ccccc2C)cc1OC(F)F. The Hall–Kier alpha value is -3.16. The summed E-state index contributed by atoms with van der Waals surface area (Å²) in [6.07, 6.45) is 0.403.